The largest absolute Gasteiger partial charge is 0.385 e. The van der Waals surface area contributed by atoms with E-state index in [0.717, 1.165) is 23.7 Å². The van der Waals surface area contributed by atoms with Gasteiger partial charge in [0, 0.05) is 18.8 Å². The number of benzene rings is 1. The zero-order valence-corrected chi connectivity index (χ0v) is 12.8. The highest BCUT2D eigenvalue weighted by atomic mass is 15.1. The Balaban J connectivity index is 1.90. The Labute approximate surface area is 122 Å². The van der Waals surface area contributed by atoms with Crippen molar-refractivity contribution in [1.82, 2.24) is 4.90 Å². The number of rotatable bonds is 4. The number of likely N-dealkylation sites (tertiary alicyclic amines) is 1. The Morgan fingerprint density at radius 2 is 2.05 bits per heavy atom. The van der Waals surface area contributed by atoms with Crippen molar-refractivity contribution in [3.05, 3.63) is 29.8 Å². The van der Waals surface area contributed by atoms with Gasteiger partial charge >= 0.3 is 0 Å². The summed E-state index contributed by atoms with van der Waals surface area (Å²) in [6.45, 7) is 7.35. The van der Waals surface area contributed by atoms with E-state index in [1.54, 1.807) is 0 Å². The number of piperidine rings is 1. The number of nitriles is 1. The Morgan fingerprint density at radius 3 is 2.65 bits per heavy atom. The Bertz CT molecular complexity index is 470. The first-order chi connectivity index (χ1) is 9.51. The van der Waals surface area contributed by atoms with Crippen LogP contribution in [0.15, 0.2) is 24.3 Å². The molecule has 1 saturated heterocycles. The van der Waals surface area contributed by atoms with E-state index in [2.05, 4.69) is 47.6 Å². The third-order valence-electron chi connectivity index (χ3n) is 4.20. The third kappa shape index (κ3) is 3.74. The van der Waals surface area contributed by atoms with Gasteiger partial charge in [-0.3, -0.25) is 0 Å². The third-order valence-corrected chi connectivity index (χ3v) is 4.20. The van der Waals surface area contributed by atoms with Gasteiger partial charge in [0.05, 0.1) is 11.5 Å². The second-order valence-corrected chi connectivity index (χ2v) is 6.47. The SMILES string of the molecule is CN1CCCC(CNc2ccc(C(C)(C)C#N)cc2)C1. The summed E-state index contributed by atoms with van der Waals surface area (Å²) >= 11 is 0. The normalized spacial score (nSPS) is 20.4. The van der Waals surface area contributed by atoms with Gasteiger partial charge in [-0.15, -0.1) is 0 Å². The zero-order valence-electron chi connectivity index (χ0n) is 12.8. The van der Waals surface area contributed by atoms with Gasteiger partial charge in [0.15, 0.2) is 0 Å². The average molecular weight is 271 g/mol. The lowest BCUT2D eigenvalue weighted by Crippen LogP contribution is -2.35. The second-order valence-electron chi connectivity index (χ2n) is 6.47. The molecule has 0 radical (unpaired) electrons. The minimum atomic E-state index is -0.412. The van der Waals surface area contributed by atoms with E-state index in [4.69, 9.17) is 5.26 Å². The van der Waals surface area contributed by atoms with E-state index in [1.807, 2.05) is 13.8 Å². The van der Waals surface area contributed by atoms with Crippen molar-refractivity contribution in [2.45, 2.75) is 32.1 Å². The second kappa shape index (κ2) is 6.28. The fourth-order valence-corrected chi connectivity index (χ4v) is 2.77. The van der Waals surface area contributed by atoms with Crippen LogP contribution >= 0.6 is 0 Å². The summed E-state index contributed by atoms with van der Waals surface area (Å²) in [6.07, 6.45) is 2.62. The lowest BCUT2D eigenvalue weighted by Gasteiger charge is -2.30. The average Bonchev–Trinajstić information content (AvgIpc) is 2.46. The zero-order chi connectivity index (χ0) is 14.6. The molecule has 0 aliphatic carbocycles. The first kappa shape index (κ1) is 14.9. The Morgan fingerprint density at radius 1 is 1.35 bits per heavy atom. The molecule has 20 heavy (non-hydrogen) atoms. The molecule has 1 fully saturated rings. The molecular weight excluding hydrogens is 246 g/mol. The number of anilines is 1. The molecule has 3 heteroatoms. The highest BCUT2D eigenvalue weighted by Gasteiger charge is 2.19. The van der Waals surface area contributed by atoms with Gasteiger partial charge in [-0.05, 0) is 63.9 Å². The molecule has 2 rings (SSSR count). The summed E-state index contributed by atoms with van der Waals surface area (Å²) in [4.78, 5) is 2.41. The standard InChI is InChI=1S/C17H25N3/c1-17(2,13-18)15-6-8-16(9-7-15)19-11-14-5-4-10-20(3)12-14/h6-9,14,19H,4-5,10-12H2,1-3H3. The van der Waals surface area contributed by atoms with Crippen LogP contribution in [0.25, 0.3) is 0 Å². The number of hydrogen-bond acceptors (Lipinski definition) is 3. The molecule has 3 nitrogen and oxygen atoms in total. The van der Waals surface area contributed by atoms with E-state index in [0.29, 0.717) is 0 Å². The Hall–Kier alpha value is -1.53. The molecule has 1 unspecified atom stereocenters. The van der Waals surface area contributed by atoms with E-state index < -0.39 is 5.41 Å². The van der Waals surface area contributed by atoms with Crippen molar-refractivity contribution in [3.8, 4) is 6.07 Å². The van der Waals surface area contributed by atoms with Crippen molar-refractivity contribution >= 4 is 5.69 Å². The van der Waals surface area contributed by atoms with Crippen molar-refractivity contribution in [3.63, 3.8) is 0 Å². The number of nitrogens with one attached hydrogen (secondary N) is 1. The molecule has 1 aromatic carbocycles. The highest BCUT2D eigenvalue weighted by molar-refractivity contribution is 5.47. The van der Waals surface area contributed by atoms with Gasteiger partial charge in [-0.2, -0.15) is 5.26 Å². The van der Waals surface area contributed by atoms with E-state index >= 15 is 0 Å². The van der Waals surface area contributed by atoms with E-state index in [-0.39, 0.29) is 0 Å². The first-order valence-corrected chi connectivity index (χ1v) is 7.45. The molecule has 0 bridgehead atoms. The highest BCUT2D eigenvalue weighted by Crippen LogP contribution is 2.24. The van der Waals surface area contributed by atoms with E-state index in [9.17, 15) is 0 Å². The summed E-state index contributed by atoms with van der Waals surface area (Å²) in [5, 5.41) is 12.7. The Kier molecular flexibility index (Phi) is 4.67. The van der Waals surface area contributed by atoms with Crippen LogP contribution in [0, 0.1) is 17.2 Å². The molecule has 1 aliphatic heterocycles. The number of nitrogens with zero attached hydrogens (tertiary/aromatic N) is 2. The summed E-state index contributed by atoms with van der Waals surface area (Å²) < 4.78 is 0. The lowest BCUT2D eigenvalue weighted by atomic mass is 9.86. The summed E-state index contributed by atoms with van der Waals surface area (Å²) in [7, 11) is 2.20. The molecule has 1 aliphatic rings. The van der Waals surface area contributed by atoms with E-state index in [1.165, 1.54) is 25.9 Å². The van der Waals surface area contributed by atoms with Crippen LogP contribution in [0.2, 0.25) is 0 Å². The molecule has 1 aromatic rings. The van der Waals surface area contributed by atoms with Gasteiger partial charge in [0.25, 0.3) is 0 Å². The molecule has 0 aromatic heterocycles. The van der Waals surface area contributed by atoms with Gasteiger partial charge < -0.3 is 10.2 Å². The minimum Gasteiger partial charge on any atom is -0.385 e. The number of hydrogen-bond donors (Lipinski definition) is 1. The van der Waals surface area contributed by atoms with Crippen LogP contribution in [0.1, 0.15) is 32.3 Å². The van der Waals surface area contributed by atoms with Gasteiger partial charge in [-0.25, -0.2) is 0 Å². The molecule has 1 atom stereocenters. The molecule has 1 N–H and O–H groups in total. The van der Waals surface area contributed by atoms with Crippen molar-refractivity contribution < 1.29 is 0 Å². The molecule has 108 valence electrons. The van der Waals surface area contributed by atoms with Crippen LogP contribution in [0.5, 0.6) is 0 Å². The van der Waals surface area contributed by atoms with Crippen LogP contribution in [0.3, 0.4) is 0 Å². The monoisotopic (exact) mass is 271 g/mol. The van der Waals surface area contributed by atoms with Crippen molar-refractivity contribution in [2.75, 3.05) is 32.0 Å². The van der Waals surface area contributed by atoms with Crippen LogP contribution in [0.4, 0.5) is 5.69 Å². The van der Waals surface area contributed by atoms with Crippen LogP contribution < -0.4 is 5.32 Å². The summed E-state index contributed by atoms with van der Waals surface area (Å²) in [5.74, 6) is 0.740. The van der Waals surface area contributed by atoms with Gasteiger partial charge in [0.2, 0.25) is 0 Å². The topological polar surface area (TPSA) is 39.1 Å². The molecule has 0 amide bonds. The summed E-state index contributed by atoms with van der Waals surface area (Å²) in [5.41, 5.74) is 1.81. The fourth-order valence-electron chi connectivity index (χ4n) is 2.77. The predicted molar refractivity (Wildman–Crippen MR) is 83.8 cm³/mol. The predicted octanol–water partition coefficient (Wildman–Crippen LogP) is 3.24. The van der Waals surface area contributed by atoms with Crippen LogP contribution in [-0.2, 0) is 5.41 Å². The van der Waals surface area contributed by atoms with Crippen LogP contribution in [-0.4, -0.2) is 31.6 Å². The maximum Gasteiger partial charge on any atom is 0.0766 e. The molecular formula is C17H25N3. The summed E-state index contributed by atoms with van der Waals surface area (Å²) in [6, 6.07) is 10.6. The maximum atomic E-state index is 9.14. The molecule has 1 heterocycles. The lowest BCUT2D eigenvalue weighted by molar-refractivity contribution is 0.217. The fraction of sp³-hybridized carbons (Fsp3) is 0.588. The van der Waals surface area contributed by atoms with Crippen molar-refractivity contribution in [1.29, 1.82) is 5.26 Å². The minimum absolute atomic E-state index is 0.412. The van der Waals surface area contributed by atoms with Gasteiger partial charge in [-0.1, -0.05) is 12.1 Å². The molecule has 0 saturated carbocycles. The quantitative estimate of drug-likeness (QED) is 0.913. The first-order valence-electron chi connectivity index (χ1n) is 7.45. The molecule has 0 spiro atoms. The maximum absolute atomic E-state index is 9.14. The van der Waals surface area contributed by atoms with Gasteiger partial charge in [0.1, 0.15) is 0 Å². The van der Waals surface area contributed by atoms with Crippen molar-refractivity contribution in [2.24, 2.45) is 5.92 Å². The smallest absolute Gasteiger partial charge is 0.0766 e.